The normalized spacial score (nSPS) is 10.9. The molecular weight excluding hydrogens is 270 g/mol. The summed E-state index contributed by atoms with van der Waals surface area (Å²) in [6.07, 6.45) is 1.41. The van der Waals surface area contributed by atoms with Gasteiger partial charge in [-0.1, -0.05) is 5.16 Å². The van der Waals surface area contributed by atoms with Gasteiger partial charge in [-0.05, 0) is 11.4 Å². The molecule has 96 valence electrons. The molecule has 0 fully saturated rings. The molecule has 3 heterocycles. The van der Waals surface area contributed by atoms with E-state index in [-0.39, 0.29) is 23.6 Å². The van der Waals surface area contributed by atoms with Gasteiger partial charge in [-0.25, -0.2) is 9.78 Å². The van der Waals surface area contributed by atoms with Crippen LogP contribution in [-0.2, 0) is 6.54 Å². The quantitative estimate of drug-likeness (QED) is 0.772. The van der Waals surface area contributed by atoms with E-state index in [1.807, 2.05) is 0 Å². The minimum Gasteiger partial charge on any atom is -0.476 e. The summed E-state index contributed by atoms with van der Waals surface area (Å²) in [5.74, 6) is -0.885. The van der Waals surface area contributed by atoms with E-state index in [0.717, 1.165) is 0 Å². The lowest BCUT2D eigenvalue weighted by atomic mass is 10.3. The fourth-order valence-corrected chi connectivity index (χ4v) is 2.39. The number of fused-ring (bicyclic) bond motifs is 1. The third-order valence-corrected chi connectivity index (χ3v) is 3.38. The highest BCUT2D eigenvalue weighted by Gasteiger charge is 2.12. The Morgan fingerprint density at radius 3 is 3.11 bits per heavy atom. The standard InChI is InChI=1S/C11H7N3O4S/c15-10-7-1-2-19-9(7)12-5-14(10)4-6-3-8(11(16)17)13-18-6/h1-3,5H,4H2,(H,16,17). The molecule has 7 nitrogen and oxygen atoms in total. The van der Waals surface area contributed by atoms with Gasteiger partial charge in [0.05, 0.1) is 18.3 Å². The first-order valence-electron chi connectivity index (χ1n) is 5.26. The van der Waals surface area contributed by atoms with Gasteiger partial charge in [-0.15, -0.1) is 11.3 Å². The highest BCUT2D eigenvalue weighted by atomic mass is 32.1. The van der Waals surface area contributed by atoms with E-state index in [0.29, 0.717) is 10.2 Å². The predicted octanol–water partition coefficient (Wildman–Crippen LogP) is 1.19. The second kappa shape index (κ2) is 4.32. The fourth-order valence-electron chi connectivity index (χ4n) is 1.66. The molecule has 0 spiro atoms. The van der Waals surface area contributed by atoms with Crippen molar-refractivity contribution in [1.82, 2.24) is 14.7 Å². The molecule has 0 aromatic carbocycles. The van der Waals surface area contributed by atoms with Crippen molar-refractivity contribution in [2.45, 2.75) is 6.54 Å². The van der Waals surface area contributed by atoms with Crippen molar-refractivity contribution < 1.29 is 14.4 Å². The smallest absolute Gasteiger partial charge is 0.358 e. The SMILES string of the molecule is O=C(O)c1cc(Cn2cnc3sccc3c2=O)on1. The van der Waals surface area contributed by atoms with Crippen LogP contribution in [0.25, 0.3) is 10.2 Å². The van der Waals surface area contributed by atoms with Gasteiger partial charge in [0.1, 0.15) is 4.83 Å². The van der Waals surface area contributed by atoms with Gasteiger partial charge in [-0.3, -0.25) is 9.36 Å². The van der Waals surface area contributed by atoms with Crippen molar-refractivity contribution in [3.05, 3.63) is 45.6 Å². The molecule has 3 aromatic rings. The lowest BCUT2D eigenvalue weighted by molar-refractivity contribution is 0.0685. The Morgan fingerprint density at radius 1 is 1.53 bits per heavy atom. The summed E-state index contributed by atoms with van der Waals surface area (Å²) in [4.78, 5) is 27.6. The number of carbonyl (C=O) groups is 1. The van der Waals surface area contributed by atoms with Gasteiger partial charge in [0, 0.05) is 6.07 Å². The van der Waals surface area contributed by atoms with Crippen LogP contribution in [-0.4, -0.2) is 25.8 Å². The molecule has 0 radical (unpaired) electrons. The van der Waals surface area contributed by atoms with Crippen LogP contribution in [0.4, 0.5) is 0 Å². The van der Waals surface area contributed by atoms with Crippen LogP contribution < -0.4 is 5.56 Å². The lowest BCUT2D eigenvalue weighted by Gasteiger charge is -2.01. The predicted molar refractivity (Wildman–Crippen MR) is 66.4 cm³/mol. The summed E-state index contributed by atoms with van der Waals surface area (Å²) in [5.41, 5.74) is -0.382. The molecule has 0 saturated carbocycles. The number of aromatic carboxylic acids is 1. The minimum absolute atomic E-state index is 0.0951. The summed E-state index contributed by atoms with van der Waals surface area (Å²) >= 11 is 1.39. The molecule has 8 heteroatoms. The summed E-state index contributed by atoms with van der Waals surface area (Å²) < 4.78 is 6.21. The maximum atomic E-state index is 12.1. The highest BCUT2D eigenvalue weighted by Crippen LogP contribution is 2.14. The number of carboxylic acids is 1. The van der Waals surface area contributed by atoms with E-state index >= 15 is 0 Å². The number of rotatable bonds is 3. The maximum absolute atomic E-state index is 12.1. The topological polar surface area (TPSA) is 98.2 Å². The zero-order valence-corrected chi connectivity index (χ0v) is 10.3. The van der Waals surface area contributed by atoms with Crippen molar-refractivity contribution >= 4 is 27.5 Å². The van der Waals surface area contributed by atoms with Crippen LogP contribution in [0, 0.1) is 0 Å². The summed E-state index contributed by atoms with van der Waals surface area (Å²) in [6.45, 7) is 0.0951. The fraction of sp³-hybridized carbons (Fsp3) is 0.0909. The third kappa shape index (κ3) is 2.02. The monoisotopic (exact) mass is 277 g/mol. The lowest BCUT2D eigenvalue weighted by Crippen LogP contribution is -2.20. The van der Waals surface area contributed by atoms with Gasteiger partial charge in [0.2, 0.25) is 0 Å². The Hall–Kier alpha value is -2.48. The van der Waals surface area contributed by atoms with Gasteiger partial charge in [0.25, 0.3) is 5.56 Å². The molecule has 0 saturated heterocycles. The molecule has 0 atom stereocenters. The molecule has 0 bridgehead atoms. The van der Waals surface area contributed by atoms with E-state index in [1.54, 1.807) is 11.4 Å². The summed E-state index contributed by atoms with van der Waals surface area (Å²) in [7, 11) is 0. The summed E-state index contributed by atoms with van der Waals surface area (Å²) in [6, 6.07) is 2.99. The van der Waals surface area contributed by atoms with Crippen molar-refractivity contribution in [3.8, 4) is 0 Å². The number of carboxylic acid groups (broad SMARTS) is 1. The Kier molecular flexibility index (Phi) is 2.64. The van der Waals surface area contributed by atoms with Crippen LogP contribution in [0.3, 0.4) is 0 Å². The second-order valence-electron chi connectivity index (χ2n) is 3.80. The van der Waals surface area contributed by atoms with Crippen LogP contribution >= 0.6 is 11.3 Å². The van der Waals surface area contributed by atoms with Crippen LogP contribution in [0.2, 0.25) is 0 Å². The Labute approximate surface area is 109 Å². The van der Waals surface area contributed by atoms with Crippen molar-refractivity contribution in [3.63, 3.8) is 0 Å². The zero-order valence-electron chi connectivity index (χ0n) is 9.44. The zero-order chi connectivity index (χ0) is 13.4. The third-order valence-electron chi connectivity index (χ3n) is 2.55. The van der Waals surface area contributed by atoms with Crippen LogP contribution in [0.5, 0.6) is 0 Å². The van der Waals surface area contributed by atoms with Gasteiger partial charge in [-0.2, -0.15) is 0 Å². The first-order chi connectivity index (χ1) is 9.15. The number of nitrogens with zero attached hydrogens (tertiary/aromatic N) is 3. The van der Waals surface area contributed by atoms with Gasteiger partial charge < -0.3 is 9.63 Å². The molecule has 0 unspecified atom stereocenters. The molecule has 3 aromatic heterocycles. The number of hydrogen-bond donors (Lipinski definition) is 1. The van der Waals surface area contributed by atoms with Crippen molar-refractivity contribution in [1.29, 1.82) is 0 Å². The molecule has 0 aliphatic rings. The largest absolute Gasteiger partial charge is 0.476 e. The molecule has 0 aliphatic carbocycles. The Morgan fingerprint density at radius 2 is 2.37 bits per heavy atom. The highest BCUT2D eigenvalue weighted by molar-refractivity contribution is 7.16. The first-order valence-corrected chi connectivity index (χ1v) is 6.14. The van der Waals surface area contributed by atoms with E-state index in [4.69, 9.17) is 9.63 Å². The van der Waals surface area contributed by atoms with Gasteiger partial charge >= 0.3 is 5.97 Å². The molecule has 3 rings (SSSR count). The average molecular weight is 277 g/mol. The average Bonchev–Trinajstić information content (AvgIpc) is 3.01. The van der Waals surface area contributed by atoms with Crippen molar-refractivity contribution in [2.24, 2.45) is 0 Å². The minimum atomic E-state index is -1.17. The van der Waals surface area contributed by atoms with Crippen LogP contribution in [0.1, 0.15) is 16.2 Å². The van der Waals surface area contributed by atoms with E-state index in [1.165, 1.54) is 28.3 Å². The van der Waals surface area contributed by atoms with Crippen molar-refractivity contribution in [2.75, 3.05) is 0 Å². The van der Waals surface area contributed by atoms with E-state index in [2.05, 4.69) is 10.1 Å². The second-order valence-corrected chi connectivity index (χ2v) is 4.70. The van der Waals surface area contributed by atoms with Gasteiger partial charge in [0.15, 0.2) is 11.5 Å². The molecular formula is C11H7N3O4S. The number of aromatic nitrogens is 3. The Balaban J connectivity index is 1.98. The number of hydrogen-bond acceptors (Lipinski definition) is 6. The molecule has 0 aliphatic heterocycles. The molecule has 0 amide bonds. The van der Waals surface area contributed by atoms with Crippen LogP contribution in [0.15, 0.2) is 33.2 Å². The number of thiophene rings is 1. The Bertz CT molecular complexity index is 817. The van der Waals surface area contributed by atoms with E-state index in [9.17, 15) is 9.59 Å². The molecule has 19 heavy (non-hydrogen) atoms. The molecule has 1 N–H and O–H groups in total. The van der Waals surface area contributed by atoms with E-state index < -0.39 is 5.97 Å². The first kappa shape index (κ1) is 11.6. The maximum Gasteiger partial charge on any atom is 0.358 e. The summed E-state index contributed by atoms with van der Waals surface area (Å²) in [5, 5.41) is 14.4.